The summed E-state index contributed by atoms with van der Waals surface area (Å²) in [5.41, 5.74) is -0.114. The van der Waals surface area contributed by atoms with Gasteiger partial charge < -0.3 is 29.2 Å². The van der Waals surface area contributed by atoms with Gasteiger partial charge in [-0.15, -0.1) is 0 Å². The minimum atomic E-state index is -0.683. The standard InChI is InChI=1S/C25H30F2N6O4/c1-25(2,3)37-24(35)32-8-9-36-16(11-32)12-33-13-18(27)20-21(28-14-29-22(20)33)30-19-7-6-15(10-17(19)26)23(34)31(4)5/h6-7,10,13-14,16H,8-9,11-12H2,1-5H3,(H,28,29,30). The molecule has 1 atom stereocenters. The van der Waals surface area contributed by atoms with Gasteiger partial charge in [-0.3, -0.25) is 4.79 Å². The lowest BCUT2D eigenvalue weighted by Gasteiger charge is -2.34. The van der Waals surface area contributed by atoms with E-state index in [1.165, 1.54) is 29.6 Å². The zero-order valence-electron chi connectivity index (χ0n) is 21.4. The zero-order valence-corrected chi connectivity index (χ0v) is 21.4. The number of morpholine rings is 1. The smallest absolute Gasteiger partial charge is 0.410 e. The van der Waals surface area contributed by atoms with Crippen LogP contribution < -0.4 is 5.32 Å². The maximum Gasteiger partial charge on any atom is 0.410 e. The van der Waals surface area contributed by atoms with Gasteiger partial charge in [0.05, 0.1) is 36.9 Å². The Morgan fingerprint density at radius 3 is 2.65 bits per heavy atom. The van der Waals surface area contributed by atoms with E-state index in [4.69, 9.17) is 9.47 Å². The molecule has 1 aliphatic heterocycles. The normalized spacial score (nSPS) is 16.1. The van der Waals surface area contributed by atoms with Crippen LogP contribution in [-0.4, -0.2) is 81.8 Å². The number of hydrogen-bond donors (Lipinski definition) is 1. The lowest BCUT2D eigenvalue weighted by atomic mass is 10.1. The van der Waals surface area contributed by atoms with Crippen molar-refractivity contribution >= 4 is 34.5 Å². The van der Waals surface area contributed by atoms with E-state index in [1.54, 1.807) is 44.3 Å². The summed E-state index contributed by atoms with van der Waals surface area (Å²) >= 11 is 0. The van der Waals surface area contributed by atoms with Crippen LogP contribution in [0.3, 0.4) is 0 Å². The topological polar surface area (TPSA) is 102 Å². The van der Waals surface area contributed by atoms with Crippen LogP contribution in [0, 0.1) is 11.6 Å². The molecular formula is C25H30F2N6O4. The molecule has 1 saturated heterocycles. The fraction of sp³-hybridized carbons (Fsp3) is 0.440. The summed E-state index contributed by atoms with van der Waals surface area (Å²) in [4.78, 5) is 35.8. The monoisotopic (exact) mass is 516 g/mol. The van der Waals surface area contributed by atoms with Crippen LogP contribution in [0.1, 0.15) is 31.1 Å². The zero-order chi connectivity index (χ0) is 26.9. The summed E-state index contributed by atoms with van der Waals surface area (Å²) in [7, 11) is 3.15. The molecule has 0 radical (unpaired) electrons. The Kier molecular flexibility index (Phi) is 7.30. The third-order valence-electron chi connectivity index (χ3n) is 5.67. The van der Waals surface area contributed by atoms with Crippen molar-refractivity contribution in [3.8, 4) is 0 Å². The third kappa shape index (κ3) is 5.96. The Bertz CT molecular complexity index is 1320. The van der Waals surface area contributed by atoms with Crippen molar-refractivity contribution in [3.05, 3.63) is 47.9 Å². The second-order valence-electron chi connectivity index (χ2n) is 9.99. The van der Waals surface area contributed by atoms with Crippen molar-refractivity contribution in [1.82, 2.24) is 24.3 Å². The van der Waals surface area contributed by atoms with E-state index < -0.39 is 29.4 Å². The molecule has 2 aromatic heterocycles. The van der Waals surface area contributed by atoms with Crippen molar-refractivity contribution in [1.29, 1.82) is 0 Å². The number of amides is 2. The van der Waals surface area contributed by atoms with Crippen LogP contribution in [0.15, 0.2) is 30.7 Å². The molecule has 2 amide bonds. The van der Waals surface area contributed by atoms with Crippen molar-refractivity contribution in [2.24, 2.45) is 0 Å². The average molecular weight is 517 g/mol. The molecule has 4 rings (SSSR count). The number of fused-ring (bicyclic) bond motifs is 1. The third-order valence-corrected chi connectivity index (χ3v) is 5.67. The highest BCUT2D eigenvalue weighted by Crippen LogP contribution is 2.29. The number of halogens is 2. The molecule has 1 aliphatic rings. The molecule has 0 bridgehead atoms. The Morgan fingerprint density at radius 2 is 1.97 bits per heavy atom. The molecule has 3 heterocycles. The van der Waals surface area contributed by atoms with Crippen molar-refractivity contribution in [2.45, 2.75) is 39.0 Å². The van der Waals surface area contributed by atoms with Crippen molar-refractivity contribution < 1.29 is 27.8 Å². The van der Waals surface area contributed by atoms with Crippen LogP contribution in [0.4, 0.5) is 25.1 Å². The van der Waals surface area contributed by atoms with Gasteiger partial charge >= 0.3 is 6.09 Å². The number of carbonyl (C=O) groups excluding carboxylic acids is 2. The molecule has 0 saturated carbocycles. The molecule has 1 unspecified atom stereocenters. The van der Waals surface area contributed by atoms with Gasteiger partial charge in [-0.25, -0.2) is 23.5 Å². The number of rotatable bonds is 5. The van der Waals surface area contributed by atoms with E-state index in [2.05, 4.69) is 15.3 Å². The first-order valence-corrected chi connectivity index (χ1v) is 11.8. The van der Waals surface area contributed by atoms with Gasteiger partial charge in [-0.2, -0.15) is 0 Å². The van der Waals surface area contributed by atoms with Crippen LogP contribution >= 0.6 is 0 Å². The number of carbonyl (C=O) groups is 2. The van der Waals surface area contributed by atoms with E-state index >= 15 is 4.39 Å². The van der Waals surface area contributed by atoms with Crippen molar-refractivity contribution in [3.63, 3.8) is 0 Å². The molecule has 3 aromatic rings. The van der Waals surface area contributed by atoms with E-state index in [0.717, 1.165) is 6.07 Å². The maximum atomic E-state index is 15.1. The fourth-order valence-electron chi connectivity index (χ4n) is 3.99. The Morgan fingerprint density at radius 1 is 1.22 bits per heavy atom. The Balaban J connectivity index is 1.54. The molecule has 37 heavy (non-hydrogen) atoms. The predicted octanol–water partition coefficient (Wildman–Crippen LogP) is 3.79. The van der Waals surface area contributed by atoms with E-state index in [9.17, 15) is 14.0 Å². The largest absolute Gasteiger partial charge is 0.444 e. The van der Waals surface area contributed by atoms with E-state index in [1.807, 2.05) is 0 Å². The summed E-state index contributed by atoms with van der Waals surface area (Å²) in [6, 6.07) is 3.99. The SMILES string of the molecule is CN(C)C(=O)c1ccc(Nc2ncnc3c2c(F)cn3CC2CN(C(=O)OC(C)(C)C)CCO2)c(F)c1. The van der Waals surface area contributed by atoms with Crippen LogP contribution in [0.25, 0.3) is 11.0 Å². The summed E-state index contributed by atoms with van der Waals surface area (Å²) in [5.74, 6) is -1.55. The van der Waals surface area contributed by atoms with Crippen molar-refractivity contribution in [2.75, 3.05) is 39.1 Å². The summed E-state index contributed by atoms with van der Waals surface area (Å²) in [5, 5.41) is 2.89. The second-order valence-corrected chi connectivity index (χ2v) is 9.99. The molecule has 1 aromatic carbocycles. The lowest BCUT2D eigenvalue weighted by molar-refractivity contribution is -0.0469. The molecule has 12 heteroatoms. The van der Waals surface area contributed by atoms with Gasteiger partial charge in [0.1, 0.15) is 29.2 Å². The Labute approximate surface area is 213 Å². The fourth-order valence-corrected chi connectivity index (χ4v) is 3.99. The van der Waals surface area contributed by atoms with Gasteiger partial charge in [-0.05, 0) is 39.0 Å². The minimum Gasteiger partial charge on any atom is -0.444 e. The van der Waals surface area contributed by atoms with Crippen LogP contribution in [-0.2, 0) is 16.0 Å². The highest BCUT2D eigenvalue weighted by atomic mass is 19.1. The second kappa shape index (κ2) is 10.3. The summed E-state index contributed by atoms with van der Waals surface area (Å²) in [6.45, 7) is 6.61. The highest BCUT2D eigenvalue weighted by molar-refractivity contribution is 5.95. The van der Waals surface area contributed by atoms with Gasteiger partial charge in [-0.1, -0.05) is 0 Å². The number of benzene rings is 1. The Hall–Kier alpha value is -3.80. The number of hydrogen-bond acceptors (Lipinski definition) is 7. The van der Waals surface area contributed by atoms with Gasteiger partial charge in [0, 0.05) is 32.4 Å². The number of nitrogens with zero attached hydrogens (tertiary/aromatic N) is 5. The molecular weight excluding hydrogens is 486 g/mol. The summed E-state index contributed by atoms with van der Waals surface area (Å²) in [6.07, 6.45) is 1.67. The molecule has 1 N–H and O–H groups in total. The van der Waals surface area contributed by atoms with Crippen LogP contribution in [0.2, 0.25) is 0 Å². The molecule has 0 spiro atoms. The number of anilines is 2. The predicted molar refractivity (Wildman–Crippen MR) is 133 cm³/mol. The van der Waals surface area contributed by atoms with Gasteiger partial charge in [0.25, 0.3) is 5.91 Å². The maximum absolute atomic E-state index is 15.1. The average Bonchev–Trinajstić information content (AvgIpc) is 3.14. The van der Waals surface area contributed by atoms with E-state index in [-0.39, 0.29) is 47.1 Å². The van der Waals surface area contributed by atoms with Gasteiger partial charge in [0.2, 0.25) is 0 Å². The quantitative estimate of drug-likeness (QED) is 0.551. The molecule has 1 fully saturated rings. The minimum absolute atomic E-state index is 0.0334. The van der Waals surface area contributed by atoms with E-state index in [0.29, 0.717) is 13.2 Å². The summed E-state index contributed by atoms with van der Waals surface area (Å²) < 4.78 is 42.6. The number of aromatic nitrogens is 3. The molecule has 198 valence electrons. The number of ether oxygens (including phenoxy) is 2. The highest BCUT2D eigenvalue weighted by Gasteiger charge is 2.29. The first-order valence-electron chi connectivity index (χ1n) is 11.8. The first kappa shape index (κ1) is 26.3. The van der Waals surface area contributed by atoms with Gasteiger partial charge in [0.15, 0.2) is 5.82 Å². The molecule has 10 nitrogen and oxygen atoms in total. The molecule has 0 aliphatic carbocycles. The van der Waals surface area contributed by atoms with Crippen LogP contribution in [0.5, 0.6) is 0 Å². The first-order chi connectivity index (χ1) is 17.4. The lowest BCUT2D eigenvalue weighted by Crippen LogP contribution is -2.48. The number of nitrogens with one attached hydrogen (secondary N) is 1.